The molecule has 0 unspecified atom stereocenters. The number of carbonyl (C=O) groups is 2. The summed E-state index contributed by atoms with van der Waals surface area (Å²) in [6.07, 6.45) is -2.28. The number of carbonyl (C=O) groups excluding carboxylic acids is 2. The maximum atomic E-state index is 13.2. The molecule has 0 fully saturated rings. The van der Waals surface area contributed by atoms with Crippen LogP contribution in [0.5, 0.6) is 0 Å². The highest BCUT2D eigenvalue weighted by Crippen LogP contribution is 2.27. The van der Waals surface area contributed by atoms with Gasteiger partial charge in [-0.15, -0.1) is 0 Å². The lowest BCUT2D eigenvalue weighted by Gasteiger charge is -2.32. The summed E-state index contributed by atoms with van der Waals surface area (Å²) in [7, 11) is 0. The zero-order chi connectivity index (χ0) is 28.6. The van der Waals surface area contributed by atoms with Gasteiger partial charge in [0.1, 0.15) is 11.6 Å². The van der Waals surface area contributed by atoms with Gasteiger partial charge in [-0.25, -0.2) is 14.6 Å². The Balaban J connectivity index is 1.92. The highest BCUT2D eigenvalue weighted by molar-refractivity contribution is 6.28. The van der Waals surface area contributed by atoms with Crippen molar-refractivity contribution in [2.75, 3.05) is 32.2 Å². The highest BCUT2D eigenvalue weighted by Gasteiger charge is 2.51. The number of anilines is 1. The Kier molecular flexibility index (Phi) is 10.5. The quantitative estimate of drug-likeness (QED) is 0.145. The first-order chi connectivity index (χ1) is 18.7. The molecule has 39 heavy (non-hydrogen) atoms. The summed E-state index contributed by atoms with van der Waals surface area (Å²) < 4.78 is 23.7. The summed E-state index contributed by atoms with van der Waals surface area (Å²) in [5.74, 6) is -1.86. The first-order valence-electron chi connectivity index (χ1n) is 12.3. The van der Waals surface area contributed by atoms with E-state index in [1.54, 1.807) is 44.2 Å². The lowest BCUT2D eigenvalue weighted by atomic mass is 9.94. The number of hydrogen-bond donors (Lipinski definition) is 3. The second-order valence-corrected chi connectivity index (χ2v) is 8.85. The van der Waals surface area contributed by atoms with Crippen molar-refractivity contribution in [2.24, 2.45) is 0 Å². The number of rotatable bonds is 14. The van der Waals surface area contributed by atoms with E-state index in [2.05, 4.69) is 15.0 Å². The number of imidazole rings is 1. The maximum absolute atomic E-state index is 13.2. The molecular weight excluding hydrogens is 534 g/mol. The number of fused-ring (bicyclic) bond motifs is 1. The van der Waals surface area contributed by atoms with Crippen LogP contribution in [0, 0.1) is 0 Å². The van der Waals surface area contributed by atoms with Gasteiger partial charge in [-0.2, -0.15) is 9.97 Å². The van der Waals surface area contributed by atoms with E-state index in [0.29, 0.717) is 5.56 Å². The van der Waals surface area contributed by atoms with Crippen LogP contribution >= 0.6 is 11.6 Å². The van der Waals surface area contributed by atoms with Gasteiger partial charge in [-0.1, -0.05) is 30.3 Å². The van der Waals surface area contributed by atoms with Crippen molar-refractivity contribution < 1.29 is 38.7 Å². The smallest absolute Gasteiger partial charge is 0.350 e. The van der Waals surface area contributed by atoms with Crippen molar-refractivity contribution in [3.05, 3.63) is 47.5 Å². The number of benzene rings is 1. The molecule has 0 amide bonds. The molecule has 3 rings (SSSR count). The van der Waals surface area contributed by atoms with Crippen LogP contribution in [0.4, 0.5) is 5.82 Å². The molecule has 1 aromatic carbocycles. The molecular formula is C25H32ClN5O8. The summed E-state index contributed by atoms with van der Waals surface area (Å²) in [5.41, 5.74) is 4.73. The average Bonchev–Trinajstić information content (AvgIpc) is 3.32. The Hall–Kier alpha value is -3.36. The number of nitrogens with zero attached hydrogens (tertiary/aromatic N) is 4. The van der Waals surface area contributed by atoms with Crippen LogP contribution in [-0.4, -0.2) is 85.9 Å². The van der Waals surface area contributed by atoms with E-state index in [-0.39, 0.29) is 41.9 Å². The lowest BCUT2D eigenvalue weighted by molar-refractivity contribution is -0.202. The van der Waals surface area contributed by atoms with Crippen LogP contribution in [0.25, 0.3) is 11.2 Å². The van der Waals surface area contributed by atoms with Gasteiger partial charge in [0.2, 0.25) is 5.28 Å². The number of aliphatic hydroxyl groups is 2. The van der Waals surface area contributed by atoms with Gasteiger partial charge in [-0.3, -0.25) is 4.57 Å². The van der Waals surface area contributed by atoms with E-state index >= 15 is 0 Å². The number of nitrogens with two attached hydrogens (primary N) is 1. The largest absolute Gasteiger partial charge is 0.463 e. The molecule has 4 N–H and O–H groups in total. The van der Waals surface area contributed by atoms with E-state index in [1.807, 2.05) is 0 Å². The fourth-order valence-corrected chi connectivity index (χ4v) is 4.02. The van der Waals surface area contributed by atoms with Crippen LogP contribution in [0.3, 0.4) is 0 Å². The molecule has 0 saturated carbocycles. The summed E-state index contributed by atoms with van der Waals surface area (Å²) in [5, 5.41) is 20.5. The molecule has 2 heterocycles. The molecule has 2 aromatic heterocycles. The van der Waals surface area contributed by atoms with Gasteiger partial charge in [0.25, 0.3) is 5.60 Å². The molecule has 0 aliphatic rings. The van der Waals surface area contributed by atoms with Gasteiger partial charge in [0.05, 0.1) is 38.9 Å². The van der Waals surface area contributed by atoms with E-state index in [4.69, 9.17) is 36.3 Å². The molecule has 212 valence electrons. The lowest BCUT2D eigenvalue weighted by Crippen LogP contribution is -2.54. The third-order valence-corrected chi connectivity index (χ3v) is 5.83. The molecule has 0 spiro atoms. The summed E-state index contributed by atoms with van der Waals surface area (Å²) in [6, 6.07) is 8.74. The van der Waals surface area contributed by atoms with Crippen LogP contribution in [0.1, 0.15) is 32.6 Å². The van der Waals surface area contributed by atoms with Crippen LogP contribution in [0.15, 0.2) is 36.7 Å². The fraction of sp³-hybridized carbons (Fsp3) is 0.480. The first-order valence-corrected chi connectivity index (χ1v) is 12.7. The van der Waals surface area contributed by atoms with E-state index in [1.165, 1.54) is 17.8 Å². The molecule has 0 saturated heterocycles. The summed E-state index contributed by atoms with van der Waals surface area (Å²) >= 11 is 5.95. The fourth-order valence-electron chi connectivity index (χ4n) is 3.85. The number of nitrogen functional groups attached to an aromatic ring is 1. The number of esters is 2. The zero-order valence-electron chi connectivity index (χ0n) is 21.8. The van der Waals surface area contributed by atoms with Crippen molar-refractivity contribution in [1.29, 1.82) is 0 Å². The van der Waals surface area contributed by atoms with Gasteiger partial charge < -0.3 is 34.9 Å². The van der Waals surface area contributed by atoms with Gasteiger partial charge in [0, 0.05) is 6.42 Å². The molecule has 3 aromatic rings. The SMILES string of the molecule is CCOC(=O)C(Cc1ccccc1)(OC[C@H](CO)O[C@H]([C@@H](C)O)n1cnc2c(N)nc(Cl)nc21)C(=O)OCC. The Morgan fingerprint density at radius 1 is 1.13 bits per heavy atom. The molecule has 3 atom stereocenters. The third kappa shape index (κ3) is 6.99. The Morgan fingerprint density at radius 2 is 1.77 bits per heavy atom. The highest BCUT2D eigenvalue weighted by atomic mass is 35.5. The number of hydrogen-bond acceptors (Lipinski definition) is 12. The van der Waals surface area contributed by atoms with Crippen LogP contribution < -0.4 is 5.73 Å². The van der Waals surface area contributed by atoms with E-state index in [9.17, 15) is 19.8 Å². The normalized spacial score (nSPS) is 14.1. The Bertz CT molecular complexity index is 1240. The maximum Gasteiger partial charge on any atom is 0.350 e. The van der Waals surface area contributed by atoms with Crippen molar-refractivity contribution in [3.8, 4) is 0 Å². The molecule has 0 radical (unpaired) electrons. The monoisotopic (exact) mass is 565 g/mol. The minimum Gasteiger partial charge on any atom is -0.463 e. The van der Waals surface area contributed by atoms with E-state index < -0.39 is 49.2 Å². The van der Waals surface area contributed by atoms with E-state index in [0.717, 1.165) is 0 Å². The molecule has 0 aliphatic heterocycles. The van der Waals surface area contributed by atoms with Crippen molar-refractivity contribution in [1.82, 2.24) is 19.5 Å². The van der Waals surface area contributed by atoms with Gasteiger partial charge >= 0.3 is 11.9 Å². The minimum absolute atomic E-state index is 0.0105. The standard InChI is InChI=1S/C25H32ClN5O8/c1-4-36-22(34)25(23(35)37-5-2,11-16-9-7-6-8-10-16)38-13-17(12-32)39-21(15(3)33)31-14-28-18-19(27)29-24(26)30-20(18)31/h6-10,14-15,17,21,32-33H,4-5,11-13H2,1-3H3,(H2,27,29,30)/t15-,17+,21-/m1/s1. The minimum atomic E-state index is -2.18. The Morgan fingerprint density at radius 3 is 2.33 bits per heavy atom. The van der Waals surface area contributed by atoms with Gasteiger partial charge in [0.15, 0.2) is 17.7 Å². The molecule has 13 nitrogen and oxygen atoms in total. The summed E-state index contributed by atoms with van der Waals surface area (Å²) in [4.78, 5) is 38.5. The number of ether oxygens (including phenoxy) is 4. The predicted molar refractivity (Wildman–Crippen MR) is 140 cm³/mol. The predicted octanol–water partition coefficient (Wildman–Crippen LogP) is 1.44. The number of aliphatic hydroxyl groups excluding tert-OH is 2. The van der Waals surface area contributed by atoms with Crippen molar-refractivity contribution >= 4 is 40.5 Å². The van der Waals surface area contributed by atoms with Crippen molar-refractivity contribution in [2.45, 2.75) is 51.2 Å². The summed E-state index contributed by atoms with van der Waals surface area (Å²) in [6.45, 7) is 3.58. The first kappa shape index (κ1) is 30.2. The third-order valence-electron chi connectivity index (χ3n) is 5.67. The Labute approximate surface area is 229 Å². The molecule has 14 heteroatoms. The second-order valence-electron chi connectivity index (χ2n) is 8.52. The number of halogens is 1. The molecule has 0 aliphatic carbocycles. The van der Waals surface area contributed by atoms with Crippen LogP contribution in [-0.2, 0) is 35.0 Å². The zero-order valence-corrected chi connectivity index (χ0v) is 22.6. The average molecular weight is 566 g/mol. The van der Waals surface area contributed by atoms with Crippen LogP contribution in [0.2, 0.25) is 5.28 Å². The second kappa shape index (κ2) is 13.6. The molecule has 0 bridgehead atoms. The topological polar surface area (TPSA) is 181 Å². The van der Waals surface area contributed by atoms with Gasteiger partial charge in [-0.05, 0) is 37.9 Å². The number of aromatic nitrogens is 4. The van der Waals surface area contributed by atoms with Crippen molar-refractivity contribution in [3.63, 3.8) is 0 Å².